The number of carboxylic acids is 1. The molecule has 0 saturated heterocycles. The van der Waals surface area contributed by atoms with Crippen molar-refractivity contribution in [1.29, 1.82) is 0 Å². The highest BCUT2D eigenvalue weighted by Gasteiger charge is 2.02. The van der Waals surface area contributed by atoms with Crippen molar-refractivity contribution in [1.82, 2.24) is 9.55 Å². The van der Waals surface area contributed by atoms with E-state index in [0.717, 1.165) is 11.3 Å². The number of rotatable bonds is 4. The lowest BCUT2D eigenvalue weighted by atomic mass is 10.1. The summed E-state index contributed by atoms with van der Waals surface area (Å²) in [7, 11) is 0. The highest BCUT2D eigenvalue weighted by Crippen LogP contribution is 2.07. The minimum absolute atomic E-state index is 0.294. The fourth-order valence-electron chi connectivity index (χ4n) is 1.56. The van der Waals surface area contributed by atoms with Gasteiger partial charge in [-0.1, -0.05) is 12.1 Å². The molecule has 0 amide bonds. The van der Waals surface area contributed by atoms with Crippen LogP contribution in [0.4, 0.5) is 0 Å². The molecule has 0 radical (unpaired) electrons. The second kappa shape index (κ2) is 4.80. The van der Waals surface area contributed by atoms with E-state index in [0.29, 0.717) is 18.7 Å². The summed E-state index contributed by atoms with van der Waals surface area (Å²) in [6.45, 7) is 1.08. The van der Waals surface area contributed by atoms with Gasteiger partial charge < -0.3 is 15.4 Å². The summed E-state index contributed by atoms with van der Waals surface area (Å²) >= 11 is 0. The molecule has 1 heterocycles. The summed E-state index contributed by atoms with van der Waals surface area (Å²) in [4.78, 5) is 14.8. The van der Waals surface area contributed by atoms with Crippen molar-refractivity contribution < 1.29 is 9.90 Å². The lowest BCUT2D eigenvalue weighted by Gasteiger charge is -2.02. The van der Waals surface area contributed by atoms with Crippen LogP contribution in [0.25, 0.3) is 0 Å². The van der Waals surface area contributed by atoms with Crippen LogP contribution >= 0.6 is 0 Å². The van der Waals surface area contributed by atoms with Gasteiger partial charge in [0.15, 0.2) is 0 Å². The Bertz CT molecular complexity index is 517. The highest BCUT2D eigenvalue weighted by atomic mass is 16.4. The van der Waals surface area contributed by atoms with Crippen LogP contribution < -0.4 is 5.73 Å². The van der Waals surface area contributed by atoms with Crippen LogP contribution in [0, 0.1) is 0 Å². The number of nitrogens with zero attached hydrogens (tertiary/aromatic N) is 2. The van der Waals surface area contributed by atoms with E-state index in [1.54, 1.807) is 30.6 Å². The van der Waals surface area contributed by atoms with E-state index >= 15 is 0 Å². The van der Waals surface area contributed by atoms with E-state index in [4.69, 9.17) is 10.8 Å². The van der Waals surface area contributed by atoms with Crippen molar-refractivity contribution in [2.24, 2.45) is 5.73 Å². The molecule has 0 aliphatic carbocycles. The van der Waals surface area contributed by atoms with Crippen molar-refractivity contribution >= 4 is 5.97 Å². The third kappa shape index (κ3) is 2.70. The molecule has 0 spiro atoms. The molecule has 17 heavy (non-hydrogen) atoms. The average Bonchev–Trinajstić information content (AvgIpc) is 2.77. The van der Waals surface area contributed by atoms with Crippen molar-refractivity contribution in [3.05, 3.63) is 53.6 Å². The molecule has 1 aromatic heterocycles. The van der Waals surface area contributed by atoms with Gasteiger partial charge in [-0.3, -0.25) is 0 Å². The predicted molar refractivity (Wildman–Crippen MR) is 62.6 cm³/mol. The minimum atomic E-state index is -0.912. The molecule has 0 bridgehead atoms. The van der Waals surface area contributed by atoms with Gasteiger partial charge in [0.1, 0.15) is 0 Å². The van der Waals surface area contributed by atoms with Gasteiger partial charge in [0.05, 0.1) is 17.6 Å². The minimum Gasteiger partial charge on any atom is -0.478 e. The van der Waals surface area contributed by atoms with Crippen LogP contribution in [0.2, 0.25) is 0 Å². The summed E-state index contributed by atoms with van der Waals surface area (Å²) in [6, 6.07) is 6.79. The number of carboxylic acid groups (broad SMARTS) is 1. The highest BCUT2D eigenvalue weighted by molar-refractivity contribution is 5.87. The van der Waals surface area contributed by atoms with Crippen LogP contribution in [-0.4, -0.2) is 20.6 Å². The molecule has 1 aromatic carbocycles. The summed E-state index contributed by atoms with van der Waals surface area (Å²) < 4.78 is 1.91. The molecule has 2 rings (SSSR count). The monoisotopic (exact) mass is 231 g/mol. The molecule has 3 N–H and O–H groups in total. The second-order valence-electron chi connectivity index (χ2n) is 3.74. The van der Waals surface area contributed by atoms with Gasteiger partial charge in [-0.2, -0.15) is 0 Å². The number of hydrogen-bond acceptors (Lipinski definition) is 3. The topological polar surface area (TPSA) is 81.1 Å². The van der Waals surface area contributed by atoms with Crippen molar-refractivity contribution in [3.8, 4) is 0 Å². The van der Waals surface area contributed by atoms with Crippen LogP contribution in [0.15, 0.2) is 36.8 Å². The Kier molecular flexibility index (Phi) is 3.20. The number of aromatic nitrogens is 2. The molecule has 88 valence electrons. The van der Waals surface area contributed by atoms with Gasteiger partial charge in [-0.15, -0.1) is 0 Å². The fourth-order valence-corrected chi connectivity index (χ4v) is 1.56. The number of hydrogen-bond donors (Lipinski definition) is 2. The van der Waals surface area contributed by atoms with Crippen LogP contribution in [-0.2, 0) is 13.1 Å². The Labute approximate surface area is 98.5 Å². The zero-order valence-corrected chi connectivity index (χ0v) is 9.21. The first-order chi connectivity index (χ1) is 8.19. The van der Waals surface area contributed by atoms with E-state index in [2.05, 4.69) is 4.98 Å². The van der Waals surface area contributed by atoms with Crippen LogP contribution in [0.3, 0.4) is 0 Å². The quantitative estimate of drug-likeness (QED) is 0.825. The predicted octanol–water partition coefficient (Wildman–Crippen LogP) is 1.09. The molecule has 0 atom stereocenters. The summed E-state index contributed by atoms with van der Waals surface area (Å²) in [5.41, 5.74) is 7.63. The molecule has 0 saturated carbocycles. The number of benzene rings is 1. The molecule has 5 nitrogen and oxygen atoms in total. The van der Waals surface area contributed by atoms with E-state index in [1.807, 2.05) is 10.8 Å². The SMILES string of the molecule is NCc1cn(Cc2ccc(C(=O)O)cc2)cn1. The molecular weight excluding hydrogens is 218 g/mol. The summed E-state index contributed by atoms with van der Waals surface area (Å²) in [5, 5.41) is 8.77. The van der Waals surface area contributed by atoms with E-state index in [-0.39, 0.29) is 0 Å². The van der Waals surface area contributed by atoms with E-state index in [1.165, 1.54) is 0 Å². The van der Waals surface area contributed by atoms with Gasteiger partial charge in [-0.25, -0.2) is 9.78 Å². The van der Waals surface area contributed by atoms with Gasteiger partial charge in [0.2, 0.25) is 0 Å². The Hall–Kier alpha value is -2.14. The molecule has 0 aliphatic rings. The maximum atomic E-state index is 10.7. The number of nitrogens with two attached hydrogens (primary N) is 1. The number of carbonyl (C=O) groups is 1. The number of imidazole rings is 1. The Balaban J connectivity index is 2.10. The molecule has 5 heteroatoms. The van der Waals surface area contributed by atoms with Gasteiger partial charge >= 0.3 is 5.97 Å². The third-order valence-electron chi connectivity index (χ3n) is 2.46. The third-order valence-corrected chi connectivity index (χ3v) is 2.46. The second-order valence-corrected chi connectivity index (χ2v) is 3.74. The van der Waals surface area contributed by atoms with E-state index in [9.17, 15) is 4.79 Å². The average molecular weight is 231 g/mol. The standard InChI is InChI=1S/C12H13N3O2/c13-5-11-7-15(8-14-11)6-9-1-3-10(4-2-9)12(16)17/h1-4,7-8H,5-6,13H2,(H,16,17). The van der Waals surface area contributed by atoms with Crippen LogP contribution in [0.1, 0.15) is 21.6 Å². The van der Waals surface area contributed by atoms with Crippen LogP contribution in [0.5, 0.6) is 0 Å². The molecule has 0 aliphatic heterocycles. The van der Waals surface area contributed by atoms with Gasteiger partial charge in [-0.05, 0) is 17.7 Å². The van der Waals surface area contributed by atoms with Gasteiger partial charge in [0.25, 0.3) is 0 Å². The smallest absolute Gasteiger partial charge is 0.335 e. The molecule has 2 aromatic rings. The lowest BCUT2D eigenvalue weighted by molar-refractivity contribution is 0.0697. The molecular formula is C12H13N3O2. The molecule has 0 fully saturated rings. The van der Waals surface area contributed by atoms with E-state index < -0.39 is 5.97 Å². The summed E-state index contributed by atoms with van der Waals surface area (Å²) in [5.74, 6) is -0.912. The normalized spacial score (nSPS) is 10.4. The zero-order valence-electron chi connectivity index (χ0n) is 9.21. The van der Waals surface area contributed by atoms with Crippen molar-refractivity contribution in [3.63, 3.8) is 0 Å². The number of aromatic carboxylic acids is 1. The first-order valence-electron chi connectivity index (χ1n) is 5.22. The zero-order chi connectivity index (χ0) is 12.3. The Morgan fingerprint density at radius 1 is 1.35 bits per heavy atom. The lowest BCUT2D eigenvalue weighted by Crippen LogP contribution is -2.00. The van der Waals surface area contributed by atoms with Crippen molar-refractivity contribution in [2.75, 3.05) is 0 Å². The Morgan fingerprint density at radius 3 is 2.59 bits per heavy atom. The van der Waals surface area contributed by atoms with Gasteiger partial charge in [0, 0.05) is 19.3 Å². The first-order valence-corrected chi connectivity index (χ1v) is 5.22. The fraction of sp³-hybridized carbons (Fsp3) is 0.167. The maximum Gasteiger partial charge on any atom is 0.335 e. The first kappa shape index (κ1) is 11.3. The Morgan fingerprint density at radius 2 is 2.06 bits per heavy atom. The summed E-state index contributed by atoms with van der Waals surface area (Å²) in [6.07, 6.45) is 3.60. The largest absolute Gasteiger partial charge is 0.478 e. The molecule has 0 unspecified atom stereocenters. The maximum absolute atomic E-state index is 10.7. The van der Waals surface area contributed by atoms with Crippen molar-refractivity contribution in [2.45, 2.75) is 13.1 Å².